The van der Waals surface area contributed by atoms with E-state index in [1.807, 2.05) is 0 Å². The average molecular weight is 233 g/mol. The first kappa shape index (κ1) is 12.0. The summed E-state index contributed by atoms with van der Waals surface area (Å²) in [5.41, 5.74) is 8.22. The largest absolute Gasteiger partial charge is 0.479 e. The van der Waals surface area contributed by atoms with E-state index >= 15 is 0 Å². The van der Waals surface area contributed by atoms with Crippen molar-refractivity contribution in [2.24, 2.45) is 11.1 Å². The molecule has 1 unspecified atom stereocenters. The lowest BCUT2D eigenvalue weighted by molar-refractivity contribution is 0.317. The van der Waals surface area contributed by atoms with Crippen LogP contribution in [0, 0.1) is 5.41 Å². The highest BCUT2D eigenvalue weighted by Gasteiger charge is 2.29. The van der Waals surface area contributed by atoms with Crippen LogP contribution in [-0.2, 0) is 0 Å². The first-order valence-corrected chi connectivity index (χ1v) is 5.83. The van der Waals surface area contributed by atoms with Gasteiger partial charge in [0.05, 0.1) is 7.11 Å². The van der Waals surface area contributed by atoms with Crippen molar-refractivity contribution in [1.82, 2.24) is 9.97 Å². The fraction of sp³-hybridized carbons (Fsp3) is 0.538. The van der Waals surface area contributed by atoms with E-state index in [4.69, 9.17) is 10.5 Å². The molecule has 1 atom stereocenters. The number of hydrogen-bond donors (Lipinski definition) is 1. The summed E-state index contributed by atoms with van der Waals surface area (Å²) < 4.78 is 5.25. The van der Waals surface area contributed by atoms with Crippen LogP contribution in [0.4, 0.5) is 0 Å². The Morgan fingerprint density at radius 2 is 2.06 bits per heavy atom. The van der Waals surface area contributed by atoms with E-state index in [2.05, 4.69) is 29.9 Å². The molecule has 2 N–H and O–H groups in total. The van der Waals surface area contributed by atoms with Gasteiger partial charge in [-0.1, -0.05) is 19.9 Å². The highest BCUT2D eigenvalue weighted by Crippen LogP contribution is 2.40. The SMILES string of the molecule is COc1nccnc1C1=CC(N)CC(C)(C)C1. The molecule has 1 aromatic heterocycles. The van der Waals surface area contributed by atoms with Crippen LogP contribution in [0.1, 0.15) is 32.4 Å². The van der Waals surface area contributed by atoms with Gasteiger partial charge >= 0.3 is 0 Å². The molecule has 0 bridgehead atoms. The maximum absolute atomic E-state index is 6.06. The second-order valence-electron chi connectivity index (χ2n) is 5.32. The zero-order chi connectivity index (χ0) is 12.5. The van der Waals surface area contributed by atoms with Crippen LogP contribution in [0.3, 0.4) is 0 Å². The third-order valence-corrected chi connectivity index (χ3v) is 3.03. The van der Waals surface area contributed by atoms with Gasteiger partial charge in [0.2, 0.25) is 5.88 Å². The van der Waals surface area contributed by atoms with Gasteiger partial charge in [-0.2, -0.15) is 0 Å². The van der Waals surface area contributed by atoms with Gasteiger partial charge in [0.1, 0.15) is 5.69 Å². The Hall–Kier alpha value is -1.42. The number of methoxy groups -OCH3 is 1. The summed E-state index contributed by atoms with van der Waals surface area (Å²) in [6.07, 6.45) is 7.36. The highest BCUT2D eigenvalue weighted by molar-refractivity contribution is 5.68. The maximum Gasteiger partial charge on any atom is 0.239 e. The molecule has 4 heteroatoms. The molecule has 1 aliphatic rings. The Morgan fingerprint density at radius 3 is 2.71 bits per heavy atom. The van der Waals surface area contributed by atoms with Crippen molar-refractivity contribution in [3.8, 4) is 5.88 Å². The monoisotopic (exact) mass is 233 g/mol. The predicted molar refractivity (Wildman–Crippen MR) is 67.6 cm³/mol. The Morgan fingerprint density at radius 1 is 1.35 bits per heavy atom. The summed E-state index contributed by atoms with van der Waals surface area (Å²) in [4.78, 5) is 8.54. The van der Waals surface area contributed by atoms with Crippen molar-refractivity contribution in [3.63, 3.8) is 0 Å². The van der Waals surface area contributed by atoms with Crippen molar-refractivity contribution < 1.29 is 4.74 Å². The molecule has 0 aliphatic heterocycles. The lowest BCUT2D eigenvalue weighted by atomic mass is 9.75. The molecule has 0 aromatic carbocycles. The van der Waals surface area contributed by atoms with Crippen LogP contribution in [0.2, 0.25) is 0 Å². The van der Waals surface area contributed by atoms with Crippen LogP contribution in [-0.4, -0.2) is 23.1 Å². The van der Waals surface area contributed by atoms with Crippen molar-refractivity contribution >= 4 is 5.57 Å². The van der Waals surface area contributed by atoms with E-state index in [1.165, 1.54) is 0 Å². The molecule has 0 radical (unpaired) electrons. The molecular formula is C13H19N3O. The second kappa shape index (κ2) is 4.45. The van der Waals surface area contributed by atoms with Gasteiger partial charge < -0.3 is 10.5 Å². The van der Waals surface area contributed by atoms with Crippen molar-refractivity contribution in [3.05, 3.63) is 24.2 Å². The van der Waals surface area contributed by atoms with E-state index in [9.17, 15) is 0 Å². The molecule has 4 nitrogen and oxygen atoms in total. The molecular weight excluding hydrogens is 214 g/mol. The third kappa shape index (κ3) is 2.64. The standard InChI is InChI=1S/C13H19N3O/c1-13(2)7-9(6-10(14)8-13)11-12(17-3)16-5-4-15-11/h4-6,10H,7-8,14H2,1-3H3. The van der Waals surface area contributed by atoms with E-state index in [0.717, 1.165) is 24.1 Å². The summed E-state index contributed by atoms with van der Waals surface area (Å²) in [5, 5.41) is 0. The van der Waals surface area contributed by atoms with Crippen molar-refractivity contribution in [1.29, 1.82) is 0 Å². The Bertz CT molecular complexity index is 440. The van der Waals surface area contributed by atoms with Gasteiger partial charge in [-0.15, -0.1) is 0 Å². The van der Waals surface area contributed by atoms with Crippen LogP contribution in [0.5, 0.6) is 5.88 Å². The average Bonchev–Trinajstić information content (AvgIpc) is 2.26. The van der Waals surface area contributed by atoms with Gasteiger partial charge in [0, 0.05) is 18.4 Å². The number of allylic oxidation sites excluding steroid dienone is 1. The lowest BCUT2D eigenvalue weighted by Gasteiger charge is -2.33. The minimum atomic E-state index is 0.0838. The van der Waals surface area contributed by atoms with E-state index in [-0.39, 0.29) is 11.5 Å². The van der Waals surface area contributed by atoms with Gasteiger partial charge in [0.15, 0.2) is 0 Å². The predicted octanol–water partition coefficient (Wildman–Crippen LogP) is 2.02. The fourth-order valence-corrected chi connectivity index (χ4v) is 2.46. The third-order valence-electron chi connectivity index (χ3n) is 3.03. The summed E-state index contributed by atoms with van der Waals surface area (Å²) in [6, 6.07) is 0.0838. The number of ether oxygens (including phenoxy) is 1. The van der Waals surface area contributed by atoms with Crippen LogP contribution in [0.25, 0.3) is 5.57 Å². The van der Waals surface area contributed by atoms with E-state index < -0.39 is 0 Å². The Balaban J connectivity index is 2.39. The molecule has 1 heterocycles. The topological polar surface area (TPSA) is 61.0 Å². The molecule has 92 valence electrons. The first-order valence-electron chi connectivity index (χ1n) is 5.83. The molecule has 0 fully saturated rings. The molecule has 17 heavy (non-hydrogen) atoms. The smallest absolute Gasteiger partial charge is 0.239 e. The molecule has 1 aliphatic carbocycles. The number of hydrogen-bond acceptors (Lipinski definition) is 4. The zero-order valence-corrected chi connectivity index (χ0v) is 10.6. The number of aromatic nitrogens is 2. The number of rotatable bonds is 2. The van der Waals surface area contributed by atoms with Gasteiger partial charge in [-0.3, -0.25) is 0 Å². The summed E-state index contributed by atoms with van der Waals surface area (Å²) in [5.74, 6) is 0.573. The molecule has 0 amide bonds. The molecule has 1 aromatic rings. The quantitative estimate of drug-likeness (QED) is 0.849. The second-order valence-corrected chi connectivity index (χ2v) is 5.32. The number of nitrogens with zero attached hydrogens (tertiary/aromatic N) is 2. The highest BCUT2D eigenvalue weighted by atomic mass is 16.5. The number of nitrogens with two attached hydrogens (primary N) is 1. The van der Waals surface area contributed by atoms with Gasteiger partial charge in [-0.25, -0.2) is 9.97 Å². The van der Waals surface area contributed by atoms with E-state index in [0.29, 0.717) is 5.88 Å². The summed E-state index contributed by atoms with van der Waals surface area (Å²) >= 11 is 0. The van der Waals surface area contributed by atoms with Crippen molar-refractivity contribution in [2.75, 3.05) is 7.11 Å². The lowest BCUT2D eigenvalue weighted by Crippen LogP contribution is -2.30. The minimum absolute atomic E-state index is 0.0838. The summed E-state index contributed by atoms with van der Waals surface area (Å²) in [7, 11) is 1.61. The van der Waals surface area contributed by atoms with Crippen LogP contribution >= 0.6 is 0 Å². The maximum atomic E-state index is 6.06. The van der Waals surface area contributed by atoms with Gasteiger partial charge in [-0.05, 0) is 23.8 Å². The molecule has 0 saturated heterocycles. The zero-order valence-electron chi connectivity index (χ0n) is 10.6. The van der Waals surface area contributed by atoms with E-state index in [1.54, 1.807) is 19.5 Å². The van der Waals surface area contributed by atoms with Crippen LogP contribution in [0.15, 0.2) is 18.5 Å². The van der Waals surface area contributed by atoms with Gasteiger partial charge in [0.25, 0.3) is 0 Å². The summed E-state index contributed by atoms with van der Waals surface area (Å²) in [6.45, 7) is 4.45. The normalized spacial score (nSPS) is 23.1. The molecule has 0 saturated carbocycles. The molecule has 0 spiro atoms. The molecule has 2 rings (SSSR count). The first-order chi connectivity index (χ1) is 8.02. The fourth-order valence-electron chi connectivity index (χ4n) is 2.46. The van der Waals surface area contributed by atoms with Crippen LogP contribution < -0.4 is 10.5 Å². The Kier molecular flexibility index (Phi) is 3.15. The van der Waals surface area contributed by atoms with Crippen molar-refractivity contribution in [2.45, 2.75) is 32.7 Å². The Labute approximate surface area is 102 Å². The minimum Gasteiger partial charge on any atom is -0.479 e.